The maximum atomic E-state index is 12.7. The number of aromatic amines is 1. The first-order valence-corrected chi connectivity index (χ1v) is 9.26. The quantitative estimate of drug-likeness (QED) is 0.504. The predicted molar refractivity (Wildman–Crippen MR) is 108 cm³/mol. The van der Waals surface area contributed by atoms with Gasteiger partial charge in [-0.1, -0.05) is 19.9 Å². The first-order valence-electron chi connectivity index (χ1n) is 9.26. The van der Waals surface area contributed by atoms with Gasteiger partial charge in [-0.05, 0) is 49.6 Å². The molecular formula is C20H23N7O. The lowest BCUT2D eigenvalue weighted by Crippen LogP contribution is -2.35. The highest BCUT2D eigenvalue weighted by atomic mass is 16.2. The Morgan fingerprint density at radius 1 is 1.18 bits per heavy atom. The highest BCUT2D eigenvalue weighted by Crippen LogP contribution is 2.23. The second-order valence-electron chi connectivity index (χ2n) is 7.31. The number of anilines is 1. The smallest absolute Gasteiger partial charge is 0.319 e. The molecule has 4 rings (SSSR count). The molecule has 1 aromatic carbocycles. The summed E-state index contributed by atoms with van der Waals surface area (Å²) in [5.41, 5.74) is 4.22. The van der Waals surface area contributed by atoms with Gasteiger partial charge in [0.25, 0.3) is 0 Å². The van der Waals surface area contributed by atoms with Crippen molar-refractivity contribution >= 4 is 28.4 Å². The lowest BCUT2D eigenvalue weighted by molar-refractivity contribution is 0.244. The monoisotopic (exact) mass is 377 g/mol. The van der Waals surface area contributed by atoms with Crippen LogP contribution in [0.1, 0.15) is 37.1 Å². The van der Waals surface area contributed by atoms with Gasteiger partial charge < -0.3 is 15.6 Å². The molecule has 0 saturated carbocycles. The number of pyridine rings is 1. The Hall–Kier alpha value is -3.42. The van der Waals surface area contributed by atoms with Gasteiger partial charge in [-0.15, -0.1) is 0 Å². The van der Waals surface area contributed by atoms with Crippen LogP contribution < -0.4 is 10.6 Å². The number of nitrogens with one attached hydrogen (secondary N) is 3. The molecule has 0 fully saturated rings. The van der Waals surface area contributed by atoms with E-state index >= 15 is 0 Å². The van der Waals surface area contributed by atoms with E-state index in [1.165, 1.54) is 0 Å². The molecule has 2 amide bonds. The van der Waals surface area contributed by atoms with Crippen molar-refractivity contribution in [2.24, 2.45) is 5.92 Å². The third-order valence-electron chi connectivity index (χ3n) is 4.62. The van der Waals surface area contributed by atoms with E-state index in [0.717, 1.165) is 22.4 Å². The summed E-state index contributed by atoms with van der Waals surface area (Å²) in [6, 6.07) is 9.11. The maximum absolute atomic E-state index is 12.7. The SMILES string of the molecule is Cc1ccc2nc(C(NC(=O)Nc3cccn4nc(C)nc34)C(C)C)[nH]c2c1. The number of fused-ring (bicyclic) bond motifs is 2. The summed E-state index contributed by atoms with van der Waals surface area (Å²) in [5.74, 6) is 1.54. The zero-order valence-corrected chi connectivity index (χ0v) is 16.3. The van der Waals surface area contributed by atoms with Crippen molar-refractivity contribution in [3.63, 3.8) is 0 Å². The summed E-state index contributed by atoms with van der Waals surface area (Å²) in [6.45, 7) is 7.95. The Balaban J connectivity index is 1.57. The van der Waals surface area contributed by atoms with Crippen LogP contribution in [-0.2, 0) is 0 Å². The largest absolute Gasteiger partial charge is 0.340 e. The average molecular weight is 377 g/mol. The van der Waals surface area contributed by atoms with Crippen molar-refractivity contribution in [2.45, 2.75) is 33.7 Å². The number of carbonyl (C=O) groups is 1. The van der Waals surface area contributed by atoms with Crippen molar-refractivity contribution in [2.75, 3.05) is 5.32 Å². The summed E-state index contributed by atoms with van der Waals surface area (Å²) in [5, 5.41) is 10.2. The number of rotatable bonds is 4. The summed E-state index contributed by atoms with van der Waals surface area (Å²) in [7, 11) is 0. The molecule has 1 unspecified atom stereocenters. The molecule has 0 aliphatic carbocycles. The summed E-state index contributed by atoms with van der Waals surface area (Å²) in [6.07, 6.45) is 1.80. The number of imidazole rings is 1. The molecule has 0 aliphatic rings. The Labute approximate surface area is 162 Å². The molecule has 28 heavy (non-hydrogen) atoms. The zero-order chi connectivity index (χ0) is 19.8. The highest BCUT2D eigenvalue weighted by molar-refractivity contribution is 5.93. The summed E-state index contributed by atoms with van der Waals surface area (Å²) in [4.78, 5) is 25.1. The molecule has 144 valence electrons. The van der Waals surface area contributed by atoms with Gasteiger partial charge in [0.1, 0.15) is 11.6 Å². The Bertz CT molecular complexity index is 1160. The van der Waals surface area contributed by atoms with Crippen LogP contribution in [0.25, 0.3) is 16.7 Å². The van der Waals surface area contributed by atoms with Crippen LogP contribution in [-0.4, -0.2) is 30.6 Å². The average Bonchev–Trinajstić information content (AvgIpc) is 3.22. The third kappa shape index (κ3) is 3.40. The van der Waals surface area contributed by atoms with Gasteiger partial charge in [-0.2, -0.15) is 5.10 Å². The van der Waals surface area contributed by atoms with Crippen LogP contribution in [0.15, 0.2) is 36.5 Å². The second-order valence-corrected chi connectivity index (χ2v) is 7.31. The van der Waals surface area contributed by atoms with Gasteiger partial charge in [-0.3, -0.25) is 0 Å². The van der Waals surface area contributed by atoms with Gasteiger partial charge in [0, 0.05) is 6.20 Å². The van der Waals surface area contributed by atoms with E-state index in [1.54, 1.807) is 16.8 Å². The highest BCUT2D eigenvalue weighted by Gasteiger charge is 2.22. The topological polar surface area (TPSA) is 100 Å². The number of H-pyrrole nitrogens is 1. The second kappa shape index (κ2) is 6.95. The van der Waals surface area contributed by atoms with Gasteiger partial charge in [-0.25, -0.2) is 19.3 Å². The Morgan fingerprint density at radius 2 is 2.00 bits per heavy atom. The maximum Gasteiger partial charge on any atom is 0.319 e. The van der Waals surface area contributed by atoms with Gasteiger partial charge in [0.05, 0.1) is 22.8 Å². The molecule has 4 aromatic rings. The molecular weight excluding hydrogens is 354 g/mol. The van der Waals surface area contributed by atoms with Crippen LogP contribution >= 0.6 is 0 Å². The first-order chi connectivity index (χ1) is 13.4. The van der Waals surface area contributed by atoms with Gasteiger partial charge >= 0.3 is 6.03 Å². The van der Waals surface area contributed by atoms with Crippen molar-refractivity contribution in [3.05, 3.63) is 53.7 Å². The molecule has 0 radical (unpaired) electrons. The molecule has 0 bridgehead atoms. The lowest BCUT2D eigenvalue weighted by Gasteiger charge is -2.20. The van der Waals surface area contributed by atoms with E-state index < -0.39 is 0 Å². The van der Waals surface area contributed by atoms with Crippen LogP contribution in [0.4, 0.5) is 10.5 Å². The fourth-order valence-electron chi connectivity index (χ4n) is 3.25. The molecule has 0 aliphatic heterocycles. The third-order valence-corrected chi connectivity index (χ3v) is 4.62. The van der Waals surface area contributed by atoms with Crippen molar-refractivity contribution < 1.29 is 4.79 Å². The number of urea groups is 1. The minimum absolute atomic E-state index is 0.151. The first kappa shape index (κ1) is 18.0. The van der Waals surface area contributed by atoms with E-state index in [1.807, 2.05) is 45.9 Å². The number of hydrogen-bond acceptors (Lipinski definition) is 4. The molecule has 0 saturated heterocycles. The molecule has 3 heterocycles. The fourth-order valence-corrected chi connectivity index (χ4v) is 3.25. The number of aryl methyl sites for hydroxylation is 2. The fraction of sp³-hybridized carbons (Fsp3) is 0.300. The molecule has 8 heteroatoms. The number of nitrogens with zero attached hydrogens (tertiary/aromatic N) is 4. The van der Waals surface area contributed by atoms with E-state index in [2.05, 4.69) is 36.8 Å². The number of carbonyl (C=O) groups excluding carboxylic acids is 1. The number of hydrogen-bond donors (Lipinski definition) is 3. The lowest BCUT2D eigenvalue weighted by atomic mass is 10.0. The standard InChI is InChI=1S/C20H23N7O/c1-11(2)17(18-22-14-8-7-12(3)10-16(14)23-18)25-20(28)24-15-6-5-9-27-19(15)21-13(4)26-27/h5-11,17H,1-4H3,(H,22,23)(H2,24,25,28). The zero-order valence-electron chi connectivity index (χ0n) is 16.3. The summed E-state index contributed by atoms with van der Waals surface area (Å²) < 4.78 is 1.65. The van der Waals surface area contributed by atoms with Gasteiger partial charge in [0.15, 0.2) is 5.65 Å². The van der Waals surface area contributed by atoms with Crippen LogP contribution in [0, 0.1) is 19.8 Å². The Morgan fingerprint density at radius 3 is 2.79 bits per heavy atom. The molecule has 3 aromatic heterocycles. The van der Waals surface area contributed by atoms with Gasteiger partial charge in [0.2, 0.25) is 0 Å². The van der Waals surface area contributed by atoms with E-state index in [4.69, 9.17) is 0 Å². The molecule has 1 atom stereocenters. The molecule has 0 spiro atoms. The van der Waals surface area contributed by atoms with E-state index in [-0.39, 0.29) is 18.0 Å². The van der Waals surface area contributed by atoms with E-state index in [9.17, 15) is 4.79 Å². The number of aromatic nitrogens is 5. The predicted octanol–water partition coefficient (Wildman–Crippen LogP) is 3.74. The van der Waals surface area contributed by atoms with Crippen molar-refractivity contribution in [1.29, 1.82) is 0 Å². The number of benzene rings is 1. The summed E-state index contributed by atoms with van der Waals surface area (Å²) >= 11 is 0. The minimum atomic E-state index is -0.316. The normalized spacial score (nSPS) is 12.6. The van der Waals surface area contributed by atoms with Crippen molar-refractivity contribution in [1.82, 2.24) is 29.9 Å². The van der Waals surface area contributed by atoms with Crippen molar-refractivity contribution in [3.8, 4) is 0 Å². The minimum Gasteiger partial charge on any atom is -0.340 e. The Kier molecular flexibility index (Phi) is 4.46. The van der Waals surface area contributed by atoms with E-state index in [0.29, 0.717) is 17.2 Å². The molecule has 8 nitrogen and oxygen atoms in total. The molecule has 3 N–H and O–H groups in total. The van der Waals surface area contributed by atoms with Crippen LogP contribution in [0.2, 0.25) is 0 Å². The van der Waals surface area contributed by atoms with Crippen LogP contribution in [0.3, 0.4) is 0 Å². The van der Waals surface area contributed by atoms with Crippen LogP contribution in [0.5, 0.6) is 0 Å². The number of amides is 2.